The van der Waals surface area contributed by atoms with Gasteiger partial charge < -0.3 is 9.47 Å². The Labute approximate surface area is 186 Å². The molecule has 0 aliphatic heterocycles. The summed E-state index contributed by atoms with van der Waals surface area (Å²) in [6, 6.07) is 18.1. The Kier molecular flexibility index (Phi) is 6.62. The van der Waals surface area contributed by atoms with Crippen molar-refractivity contribution in [2.24, 2.45) is 0 Å². The van der Waals surface area contributed by atoms with E-state index in [0.717, 1.165) is 46.0 Å². The molecule has 0 aliphatic carbocycles. The third kappa shape index (κ3) is 4.46. The number of benzene rings is 2. The SMILES string of the molecule is CCCn1c(SCC(=O)N(CC)c2cccc3ccccc23)nnc1-c1ccncc1. The Morgan fingerprint density at radius 2 is 1.77 bits per heavy atom. The topological polar surface area (TPSA) is 63.9 Å². The summed E-state index contributed by atoms with van der Waals surface area (Å²) in [5.41, 5.74) is 1.92. The number of pyridine rings is 1. The molecule has 0 unspecified atom stereocenters. The maximum Gasteiger partial charge on any atom is 0.237 e. The first-order chi connectivity index (χ1) is 15.2. The van der Waals surface area contributed by atoms with Gasteiger partial charge >= 0.3 is 0 Å². The molecule has 0 saturated carbocycles. The number of rotatable bonds is 8. The molecule has 2 aromatic heterocycles. The van der Waals surface area contributed by atoms with Gasteiger partial charge in [-0.1, -0.05) is 55.1 Å². The second-order valence-corrected chi connectivity index (χ2v) is 8.06. The van der Waals surface area contributed by atoms with Crippen molar-refractivity contribution in [1.29, 1.82) is 0 Å². The molecule has 0 bridgehead atoms. The quantitative estimate of drug-likeness (QED) is 0.365. The number of carbonyl (C=O) groups is 1. The van der Waals surface area contributed by atoms with E-state index < -0.39 is 0 Å². The number of hydrogen-bond acceptors (Lipinski definition) is 5. The molecule has 0 spiro atoms. The van der Waals surface area contributed by atoms with Crippen molar-refractivity contribution < 1.29 is 4.79 Å². The second-order valence-electron chi connectivity index (χ2n) is 7.12. The standard InChI is InChI=1S/C24H25N5OS/c1-3-16-29-23(19-12-14-25-15-13-19)26-27-24(29)31-17-22(30)28(4-2)21-11-7-9-18-8-5-6-10-20(18)21/h5-15H,3-4,16-17H2,1-2H3. The first kappa shape index (κ1) is 21.1. The summed E-state index contributed by atoms with van der Waals surface area (Å²) in [4.78, 5) is 19.1. The third-order valence-corrected chi connectivity index (χ3v) is 6.05. The Bertz CT molecular complexity index is 1170. The molecule has 2 aromatic carbocycles. The second kappa shape index (κ2) is 9.75. The summed E-state index contributed by atoms with van der Waals surface area (Å²) in [5.74, 6) is 1.16. The molecule has 0 aliphatic rings. The van der Waals surface area contributed by atoms with Crippen LogP contribution in [0.25, 0.3) is 22.2 Å². The van der Waals surface area contributed by atoms with Gasteiger partial charge in [0.25, 0.3) is 0 Å². The van der Waals surface area contributed by atoms with Crippen molar-refractivity contribution in [3.8, 4) is 11.4 Å². The van der Waals surface area contributed by atoms with Gasteiger partial charge in [-0.15, -0.1) is 10.2 Å². The maximum absolute atomic E-state index is 13.2. The molecule has 158 valence electrons. The predicted molar refractivity (Wildman–Crippen MR) is 126 cm³/mol. The fourth-order valence-electron chi connectivity index (χ4n) is 3.66. The molecule has 6 nitrogen and oxygen atoms in total. The largest absolute Gasteiger partial charge is 0.311 e. The van der Waals surface area contributed by atoms with Crippen LogP contribution in [-0.2, 0) is 11.3 Å². The van der Waals surface area contributed by atoms with Crippen LogP contribution in [0.4, 0.5) is 5.69 Å². The van der Waals surface area contributed by atoms with Crippen LogP contribution < -0.4 is 4.90 Å². The minimum atomic E-state index is 0.0559. The summed E-state index contributed by atoms with van der Waals surface area (Å²) < 4.78 is 2.08. The molecule has 0 atom stereocenters. The monoisotopic (exact) mass is 431 g/mol. The highest BCUT2D eigenvalue weighted by atomic mass is 32.2. The number of hydrogen-bond donors (Lipinski definition) is 0. The van der Waals surface area contributed by atoms with E-state index in [-0.39, 0.29) is 5.91 Å². The highest BCUT2D eigenvalue weighted by Crippen LogP contribution is 2.29. The van der Waals surface area contributed by atoms with E-state index in [0.29, 0.717) is 12.3 Å². The van der Waals surface area contributed by atoms with Crippen molar-refractivity contribution >= 4 is 34.1 Å². The summed E-state index contributed by atoms with van der Waals surface area (Å²) >= 11 is 1.44. The van der Waals surface area contributed by atoms with Crippen molar-refractivity contribution in [2.75, 3.05) is 17.2 Å². The molecule has 4 aromatic rings. The lowest BCUT2D eigenvalue weighted by Crippen LogP contribution is -2.32. The Morgan fingerprint density at radius 1 is 1.00 bits per heavy atom. The molecule has 1 amide bonds. The summed E-state index contributed by atoms with van der Waals surface area (Å²) in [7, 11) is 0. The number of amides is 1. The number of aromatic nitrogens is 4. The fourth-order valence-corrected chi connectivity index (χ4v) is 4.50. The highest BCUT2D eigenvalue weighted by molar-refractivity contribution is 7.99. The third-order valence-electron chi connectivity index (χ3n) is 5.10. The highest BCUT2D eigenvalue weighted by Gasteiger charge is 2.19. The van der Waals surface area contributed by atoms with Crippen LogP contribution in [0.1, 0.15) is 20.3 Å². The normalized spacial score (nSPS) is 11.0. The lowest BCUT2D eigenvalue weighted by atomic mass is 10.1. The van der Waals surface area contributed by atoms with Gasteiger partial charge in [0.05, 0.1) is 11.4 Å². The molecule has 0 N–H and O–H groups in total. The number of nitrogens with zero attached hydrogens (tertiary/aromatic N) is 5. The number of anilines is 1. The van der Waals surface area contributed by atoms with Crippen molar-refractivity contribution in [2.45, 2.75) is 32.0 Å². The molecule has 0 fully saturated rings. The minimum absolute atomic E-state index is 0.0559. The molecular formula is C24H25N5OS. The zero-order valence-electron chi connectivity index (χ0n) is 17.7. The van der Waals surface area contributed by atoms with Crippen LogP contribution in [0, 0.1) is 0 Å². The molecule has 7 heteroatoms. The van der Waals surface area contributed by atoms with E-state index in [1.165, 1.54) is 11.8 Å². The minimum Gasteiger partial charge on any atom is -0.311 e. The first-order valence-electron chi connectivity index (χ1n) is 10.5. The lowest BCUT2D eigenvalue weighted by Gasteiger charge is -2.22. The number of fused-ring (bicyclic) bond motifs is 1. The average molecular weight is 432 g/mol. The van der Waals surface area contributed by atoms with Gasteiger partial charge in [-0.25, -0.2) is 0 Å². The molecule has 31 heavy (non-hydrogen) atoms. The molecule has 2 heterocycles. The Morgan fingerprint density at radius 3 is 2.55 bits per heavy atom. The molecule has 0 saturated heterocycles. The first-order valence-corrected chi connectivity index (χ1v) is 11.5. The average Bonchev–Trinajstić information content (AvgIpc) is 3.21. The lowest BCUT2D eigenvalue weighted by molar-refractivity contribution is -0.116. The number of carbonyl (C=O) groups excluding carboxylic acids is 1. The Balaban J connectivity index is 1.56. The van der Waals surface area contributed by atoms with Gasteiger partial charge in [-0.2, -0.15) is 0 Å². The van der Waals surface area contributed by atoms with Crippen LogP contribution in [0.15, 0.2) is 72.1 Å². The van der Waals surface area contributed by atoms with Gasteiger partial charge in [0.2, 0.25) is 5.91 Å². The van der Waals surface area contributed by atoms with E-state index >= 15 is 0 Å². The van der Waals surface area contributed by atoms with Gasteiger partial charge in [0.15, 0.2) is 11.0 Å². The van der Waals surface area contributed by atoms with Crippen molar-refractivity contribution in [3.63, 3.8) is 0 Å². The molecule has 0 radical (unpaired) electrons. The van der Waals surface area contributed by atoms with E-state index in [2.05, 4.69) is 44.9 Å². The van der Waals surface area contributed by atoms with Gasteiger partial charge in [0, 0.05) is 36.4 Å². The molecular weight excluding hydrogens is 406 g/mol. The summed E-state index contributed by atoms with van der Waals surface area (Å²) in [6.45, 7) is 5.53. The zero-order chi connectivity index (χ0) is 21.6. The van der Waals surface area contributed by atoms with Gasteiger partial charge in [0.1, 0.15) is 0 Å². The van der Waals surface area contributed by atoms with E-state index in [9.17, 15) is 4.79 Å². The van der Waals surface area contributed by atoms with Crippen molar-refractivity contribution in [3.05, 3.63) is 67.0 Å². The summed E-state index contributed by atoms with van der Waals surface area (Å²) in [5, 5.41) is 11.7. The van der Waals surface area contributed by atoms with E-state index in [1.807, 2.05) is 48.2 Å². The van der Waals surface area contributed by atoms with Crippen LogP contribution >= 0.6 is 11.8 Å². The van der Waals surface area contributed by atoms with E-state index in [1.54, 1.807) is 12.4 Å². The van der Waals surface area contributed by atoms with E-state index in [4.69, 9.17) is 0 Å². The fraction of sp³-hybridized carbons (Fsp3) is 0.250. The van der Waals surface area contributed by atoms with Crippen LogP contribution in [0.5, 0.6) is 0 Å². The smallest absolute Gasteiger partial charge is 0.237 e. The predicted octanol–water partition coefficient (Wildman–Crippen LogP) is 5.05. The molecule has 4 rings (SSSR count). The Hall–Kier alpha value is -3.19. The van der Waals surface area contributed by atoms with Crippen molar-refractivity contribution in [1.82, 2.24) is 19.7 Å². The van der Waals surface area contributed by atoms with Gasteiger partial charge in [-0.3, -0.25) is 9.78 Å². The number of thioether (sulfide) groups is 1. The van der Waals surface area contributed by atoms with Gasteiger partial charge in [-0.05, 0) is 36.9 Å². The zero-order valence-corrected chi connectivity index (χ0v) is 18.5. The van der Waals surface area contributed by atoms with Crippen LogP contribution in [0.2, 0.25) is 0 Å². The maximum atomic E-state index is 13.2. The van der Waals surface area contributed by atoms with Crippen LogP contribution in [0.3, 0.4) is 0 Å². The summed E-state index contributed by atoms with van der Waals surface area (Å²) in [6.07, 6.45) is 4.45. The van der Waals surface area contributed by atoms with Crippen LogP contribution in [-0.4, -0.2) is 38.0 Å².